The van der Waals surface area contributed by atoms with E-state index in [1.807, 2.05) is 0 Å². The van der Waals surface area contributed by atoms with Gasteiger partial charge >= 0.3 is 22.4 Å². The number of aliphatic carboxylic acids is 1. The van der Waals surface area contributed by atoms with Crippen molar-refractivity contribution < 1.29 is 37.1 Å². The molecule has 0 saturated carbocycles. The van der Waals surface area contributed by atoms with Crippen molar-refractivity contribution in [2.75, 3.05) is 0 Å². The number of carbonyl (C=O) groups excluding carboxylic acids is 2. The van der Waals surface area contributed by atoms with Crippen LogP contribution in [0, 0.1) is 0 Å². The number of ketones is 1. The Bertz CT molecular complexity index is 87.5. The number of carboxylic acids is 1. The van der Waals surface area contributed by atoms with Crippen molar-refractivity contribution in [3.8, 4) is 0 Å². The molecule has 0 heterocycles. The fourth-order valence-corrected chi connectivity index (χ4v) is 0.203. The van der Waals surface area contributed by atoms with Gasteiger partial charge in [0.05, 0.1) is 0 Å². The summed E-state index contributed by atoms with van der Waals surface area (Å²) in [4.78, 5) is 19.3. The smallest absolute Gasteiger partial charge is 0.550 e. The molecule has 0 bridgehead atoms. The van der Waals surface area contributed by atoms with E-state index in [1.165, 1.54) is 6.92 Å². The number of hydrogen-bond acceptors (Lipinski definition) is 3. The summed E-state index contributed by atoms with van der Waals surface area (Å²) in [6.07, 6.45) is -0.472. The van der Waals surface area contributed by atoms with Crippen LogP contribution in [0.15, 0.2) is 0 Å². The van der Waals surface area contributed by atoms with Gasteiger partial charge in [-0.3, -0.25) is 4.79 Å². The molecule has 0 radical (unpaired) electrons. The minimum absolute atomic E-state index is 0. The molecule has 0 aliphatic rings. The Morgan fingerprint density at radius 1 is 1.50 bits per heavy atom. The van der Waals surface area contributed by atoms with Crippen molar-refractivity contribution in [1.29, 1.82) is 0 Å². The van der Waals surface area contributed by atoms with Gasteiger partial charge in [0, 0.05) is 12.4 Å². The molecule has 0 atom stereocenters. The second-order valence-corrected chi connectivity index (χ2v) is 1.25. The monoisotopic (exact) mass is 298 g/mol. The average molecular weight is 298 g/mol. The maximum Gasteiger partial charge on any atom is 1.00 e. The van der Waals surface area contributed by atoms with Gasteiger partial charge in [0.15, 0.2) is 0 Å². The molecule has 8 heavy (non-hydrogen) atoms. The van der Waals surface area contributed by atoms with Gasteiger partial charge in [-0.2, -0.15) is 0 Å². The zero-order valence-electron chi connectivity index (χ0n) is 4.23. The summed E-state index contributed by atoms with van der Waals surface area (Å²) >= 11 is 0. The van der Waals surface area contributed by atoms with Crippen LogP contribution in [0.2, 0.25) is 0 Å². The third kappa shape index (κ3) is 9.30. The number of rotatable bonds is 2. The molecule has 0 aromatic rings. The molecule has 0 aromatic carbocycles. The zero-order chi connectivity index (χ0) is 5.86. The zero-order valence-corrected chi connectivity index (χ0v) is 6.40. The number of hydrogen-bond donors (Lipinski definition) is 0. The molecular weight excluding hydrogens is 293 g/mol. The first-order valence-electron chi connectivity index (χ1n) is 1.82. The maximum atomic E-state index is 9.83. The topological polar surface area (TPSA) is 57.2 Å². The van der Waals surface area contributed by atoms with Crippen molar-refractivity contribution in [2.45, 2.75) is 13.3 Å². The molecule has 0 aliphatic heterocycles. The van der Waals surface area contributed by atoms with Gasteiger partial charge in [-0.1, -0.05) is 0 Å². The second-order valence-electron chi connectivity index (χ2n) is 1.25. The molecule has 0 fully saturated rings. The normalized spacial score (nSPS) is 7.12. The Kier molecular flexibility index (Phi) is 6.78. The van der Waals surface area contributed by atoms with Gasteiger partial charge < -0.3 is 9.90 Å². The molecule has 50 valence electrons. The van der Waals surface area contributed by atoms with Crippen LogP contribution in [0.3, 0.4) is 0 Å². The third-order valence-electron chi connectivity index (χ3n) is 0.393. The van der Waals surface area contributed by atoms with E-state index in [-0.39, 0.29) is 28.2 Å². The molecule has 0 spiro atoms. The van der Waals surface area contributed by atoms with Crippen molar-refractivity contribution in [3.63, 3.8) is 0 Å². The van der Waals surface area contributed by atoms with E-state index in [1.54, 1.807) is 0 Å². The molecule has 0 rings (SSSR count). The summed E-state index contributed by atoms with van der Waals surface area (Å²) in [5, 5.41) is 9.48. The predicted octanol–water partition coefficient (Wildman–Crippen LogP) is -1.29. The van der Waals surface area contributed by atoms with Gasteiger partial charge in [0.25, 0.3) is 0 Å². The standard InChI is InChI=1S/C4H6O3.Au/c1-3(5)2-4(6)7;/h2H2,1H3,(H,6,7);/q;+1/p-1. The van der Waals surface area contributed by atoms with Crippen molar-refractivity contribution >= 4 is 11.8 Å². The van der Waals surface area contributed by atoms with Crippen molar-refractivity contribution in [3.05, 3.63) is 0 Å². The van der Waals surface area contributed by atoms with E-state index in [2.05, 4.69) is 0 Å². The Morgan fingerprint density at radius 3 is 1.88 bits per heavy atom. The molecule has 0 aromatic heterocycles. The van der Waals surface area contributed by atoms with Gasteiger partial charge in [0.2, 0.25) is 0 Å². The first-order valence-corrected chi connectivity index (χ1v) is 1.82. The molecule has 0 aliphatic carbocycles. The summed E-state index contributed by atoms with van der Waals surface area (Å²) in [5.41, 5.74) is 0. The molecule has 0 amide bonds. The number of Topliss-reactive ketones (excluding diaryl/α,β-unsaturated/α-hetero) is 1. The Hall–Kier alpha value is -0.120. The average Bonchev–Trinajstić information content (AvgIpc) is 1.27. The van der Waals surface area contributed by atoms with Crippen LogP contribution < -0.4 is 5.11 Å². The van der Waals surface area contributed by atoms with Gasteiger partial charge in [-0.05, 0) is 6.92 Å². The van der Waals surface area contributed by atoms with Gasteiger partial charge in [-0.25, -0.2) is 0 Å². The molecule has 3 nitrogen and oxygen atoms in total. The van der Waals surface area contributed by atoms with E-state index in [9.17, 15) is 14.7 Å². The Labute approximate surface area is 62.6 Å². The largest absolute Gasteiger partial charge is 1.00 e. The van der Waals surface area contributed by atoms with Crippen LogP contribution in [-0.4, -0.2) is 11.8 Å². The van der Waals surface area contributed by atoms with Gasteiger partial charge in [-0.15, -0.1) is 0 Å². The summed E-state index contributed by atoms with van der Waals surface area (Å²) < 4.78 is 0. The summed E-state index contributed by atoms with van der Waals surface area (Å²) in [6.45, 7) is 1.20. The fraction of sp³-hybridized carbons (Fsp3) is 0.500. The maximum absolute atomic E-state index is 9.83. The van der Waals surface area contributed by atoms with E-state index in [0.717, 1.165) is 0 Å². The molecule has 0 N–H and O–H groups in total. The van der Waals surface area contributed by atoms with E-state index >= 15 is 0 Å². The number of carboxylic acid groups (broad SMARTS) is 1. The van der Waals surface area contributed by atoms with E-state index in [0.29, 0.717) is 0 Å². The first-order chi connectivity index (χ1) is 3.13. The van der Waals surface area contributed by atoms with Crippen molar-refractivity contribution in [1.82, 2.24) is 0 Å². The van der Waals surface area contributed by atoms with E-state index < -0.39 is 12.4 Å². The summed E-state index contributed by atoms with van der Waals surface area (Å²) in [6, 6.07) is 0. The summed E-state index contributed by atoms with van der Waals surface area (Å²) in [7, 11) is 0. The quantitative estimate of drug-likeness (QED) is 0.471. The molecule has 4 heteroatoms. The van der Waals surface area contributed by atoms with Crippen LogP contribution in [-0.2, 0) is 32.0 Å². The van der Waals surface area contributed by atoms with E-state index in [4.69, 9.17) is 0 Å². The van der Waals surface area contributed by atoms with Crippen molar-refractivity contribution in [2.24, 2.45) is 0 Å². The second kappa shape index (κ2) is 5.03. The molecule has 0 saturated heterocycles. The molecule has 0 unspecified atom stereocenters. The minimum atomic E-state index is -1.31. The van der Waals surface area contributed by atoms with Crippen LogP contribution in [0.4, 0.5) is 0 Å². The number of carbonyl (C=O) groups is 2. The first kappa shape index (κ1) is 10.8. The van der Waals surface area contributed by atoms with Crippen LogP contribution in [0.5, 0.6) is 0 Å². The SMILES string of the molecule is CC(=O)CC(=O)[O-].[Au+]. The van der Waals surface area contributed by atoms with Gasteiger partial charge in [0.1, 0.15) is 5.78 Å². The minimum Gasteiger partial charge on any atom is -0.550 e. The van der Waals surface area contributed by atoms with Crippen LogP contribution in [0.25, 0.3) is 0 Å². The van der Waals surface area contributed by atoms with Crippen LogP contribution in [0.1, 0.15) is 13.3 Å². The Balaban J connectivity index is 0. The van der Waals surface area contributed by atoms with Crippen LogP contribution >= 0.6 is 0 Å². The molecular formula is C4H5AuO3. The Morgan fingerprint density at radius 2 is 1.88 bits per heavy atom. The fourth-order valence-electron chi connectivity index (χ4n) is 0.203. The predicted molar refractivity (Wildman–Crippen MR) is 20.3 cm³/mol. The summed E-state index contributed by atoms with van der Waals surface area (Å²) in [5.74, 6) is -1.69. The third-order valence-corrected chi connectivity index (χ3v) is 0.393.